The van der Waals surface area contributed by atoms with Gasteiger partial charge in [0.1, 0.15) is 5.82 Å². The first-order valence-corrected chi connectivity index (χ1v) is 7.25. The molecule has 0 radical (unpaired) electrons. The van der Waals surface area contributed by atoms with Crippen LogP contribution in [-0.2, 0) is 6.54 Å². The van der Waals surface area contributed by atoms with Crippen LogP contribution in [0.15, 0.2) is 43.0 Å². The van der Waals surface area contributed by atoms with Gasteiger partial charge < -0.3 is 10.2 Å². The lowest BCUT2D eigenvalue weighted by atomic mass is 10.1. The first-order chi connectivity index (χ1) is 9.80. The highest BCUT2D eigenvalue weighted by Gasteiger charge is 2.10. The van der Waals surface area contributed by atoms with Crippen molar-refractivity contribution in [3.05, 3.63) is 48.7 Å². The lowest BCUT2D eigenvalue weighted by Gasteiger charge is -2.22. The van der Waals surface area contributed by atoms with Crippen LogP contribution in [0, 0.1) is 0 Å². The summed E-state index contributed by atoms with van der Waals surface area (Å²) in [6.07, 6.45) is 1.93. The fourth-order valence-electron chi connectivity index (χ4n) is 2.34. The van der Waals surface area contributed by atoms with Gasteiger partial charge in [0.2, 0.25) is 0 Å². The van der Waals surface area contributed by atoms with Gasteiger partial charge in [0.15, 0.2) is 0 Å². The van der Waals surface area contributed by atoms with Crippen LogP contribution in [0.4, 0.5) is 5.82 Å². The summed E-state index contributed by atoms with van der Waals surface area (Å²) in [7, 11) is 0. The van der Waals surface area contributed by atoms with Crippen LogP contribution in [0.1, 0.15) is 19.5 Å². The standard InChI is InChI=1S/C17H23N3/c1-4-11-20(6-3)17-16-10-8-7-9-14(16)12-15(19-17)13-18-5-2/h4,7-10,12,18H,1,5-6,11,13H2,2-3H3. The molecule has 2 aromatic rings. The maximum atomic E-state index is 4.84. The van der Waals surface area contributed by atoms with E-state index in [-0.39, 0.29) is 0 Å². The minimum absolute atomic E-state index is 0.806. The number of aromatic nitrogens is 1. The molecule has 3 heteroatoms. The quantitative estimate of drug-likeness (QED) is 0.781. The molecule has 0 spiro atoms. The highest BCUT2D eigenvalue weighted by Crippen LogP contribution is 2.25. The number of hydrogen-bond donors (Lipinski definition) is 1. The summed E-state index contributed by atoms with van der Waals surface area (Å²) in [5.74, 6) is 1.05. The Hall–Kier alpha value is -1.87. The molecular weight excluding hydrogens is 246 g/mol. The monoisotopic (exact) mass is 269 g/mol. The highest BCUT2D eigenvalue weighted by atomic mass is 15.2. The zero-order chi connectivity index (χ0) is 14.4. The highest BCUT2D eigenvalue weighted by molar-refractivity contribution is 5.92. The second kappa shape index (κ2) is 7.06. The molecule has 1 aromatic heterocycles. The Balaban J connectivity index is 2.50. The molecule has 1 aromatic carbocycles. The SMILES string of the molecule is C=CCN(CC)c1nc(CNCC)cc2ccccc12. The normalized spacial score (nSPS) is 10.7. The van der Waals surface area contributed by atoms with E-state index in [1.807, 2.05) is 6.08 Å². The number of rotatable bonds is 7. The summed E-state index contributed by atoms with van der Waals surface area (Å²) in [6, 6.07) is 10.6. The molecule has 0 saturated carbocycles. The van der Waals surface area contributed by atoms with Crippen molar-refractivity contribution in [2.75, 3.05) is 24.5 Å². The maximum absolute atomic E-state index is 4.84. The van der Waals surface area contributed by atoms with E-state index < -0.39 is 0 Å². The second-order valence-corrected chi connectivity index (χ2v) is 4.77. The van der Waals surface area contributed by atoms with Crippen LogP contribution in [-0.4, -0.2) is 24.6 Å². The largest absolute Gasteiger partial charge is 0.353 e. The summed E-state index contributed by atoms with van der Waals surface area (Å²) in [5, 5.41) is 5.79. The maximum Gasteiger partial charge on any atom is 0.137 e. The molecule has 1 N–H and O–H groups in total. The van der Waals surface area contributed by atoms with Crippen molar-refractivity contribution in [1.29, 1.82) is 0 Å². The fourth-order valence-corrected chi connectivity index (χ4v) is 2.34. The van der Waals surface area contributed by atoms with Crippen molar-refractivity contribution in [2.45, 2.75) is 20.4 Å². The molecule has 1 heterocycles. The van der Waals surface area contributed by atoms with Gasteiger partial charge in [0.25, 0.3) is 0 Å². The average molecular weight is 269 g/mol. The Bertz CT molecular complexity index is 577. The van der Waals surface area contributed by atoms with Crippen LogP contribution in [0.5, 0.6) is 0 Å². The molecule has 0 aliphatic heterocycles. The summed E-state index contributed by atoms with van der Waals surface area (Å²) < 4.78 is 0. The van der Waals surface area contributed by atoms with Gasteiger partial charge in [-0.1, -0.05) is 37.3 Å². The van der Waals surface area contributed by atoms with Gasteiger partial charge in [-0.3, -0.25) is 0 Å². The molecule has 0 bridgehead atoms. The minimum atomic E-state index is 0.806. The Morgan fingerprint density at radius 2 is 2.10 bits per heavy atom. The minimum Gasteiger partial charge on any atom is -0.353 e. The number of anilines is 1. The van der Waals surface area contributed by atoms with Crippen molar-refractivity contribution in [2.24, 2.45) is 0 Å². The summed E-state index contributed by atoms with van der Waals surface area (Å²) in [5.41, 5.74) is 1.09. The third kappa shape index (κ3) is 3.17. The van der Waals surface area contributed by atoms with Crippen molar-refractivity contribution >= 4 is 16.6 Å². The molecule has 0 fully saturated rings. The van der Waals surface area contributed by atoms with Gasteiger partial charge >= 0.3 is 0 Å². The molecule has 0 aliphatic carbocycles. The van der Waals surface area contributed by atoms with E-state index >= 15 is 0 Å². The predicted molar refractivity (Wildman–Crippen MR) is 87.2 cm³/mol. The Labute approximate surface area is 121 Å². The Morgan fingerprint density at radius 3 is 2.80 bits per heavy atom. The summed E-state index contributed by atoms with van der Waals surface area (Å²) in [6.45, 7) is 11.6. The second-order valence-electron chi connectivity index (χ2n) is 4.77. The Morgan fingerprint density at radius 1 is 1.30 bits per heavy atom. The molecule has 0 amide bonds. The summed E-state index contributed by atoms with van der Waals surface area (Å²) in [4.78, 5) is 7.10. The van der Waals surface area contributed by atoms with Gasteiger partial charge in [-0.15, -0.1) is 6.58 Å². The number of nitrogens with zero attached hydrogens (tertiary/aromatic N) is 2. The first kappa shape index (κ1) is 14.5. The van der Waals surface area contributed by atoms with Gasteiger partial charge in [-0.25, -0.2) is 4.98 Å². The molecule has 0 unspecified atom stereocenters. The number of nitrogens with one attached hydrogen (secondary N) is 1. The number of hydrogen-bond acceptors (Lipinski definition) is 3. The molecule has 20 heavy (non-hydrogen) atoms. The van der Waals surface area contributed by atoms with Crippen LogP contribution < -0.4 is 10.2 Å². The molecule has 0 atom stereocenters. The number of fused-ring (bicyclic) bond motifs is 1. The van der Waals surface area contributed by atoms with E-state index in [0.717, 1.165) is 37.7 Å². The zero-order valence-corrected chi connectivity index (χ0v) is 12.4. The topological polar surface area (TPSA) is 28.2 Å². The van der Waals surface area contributed by atoms with Crippen LogP contribution in [0.2, 0.25) is 0 Å². The lowest BCUT2D eigenvalue weighted by Crippen LogP contribution is -2.24. The van der Waals surface area contributed by atoms with Crippen LogP contribution in [0.3, 0.4) is 0 Å². The molecule has 0 aliphatic rings. The Kier molecular flexibility index (Phi) is 5.13. The average Bonchev–Trinajstić information content (AvgIpc) is 2.50. The molecule has 3 nitrogen and oxygen atoms in total. The number of likely N-dealkylation sites (N-methyl/N-ethyl adjacent to an activating group) is 1. The van der Waals surface area contributed by atoms with Gasteiger partial charge in [0, 0.05) is 25.0 Å². The molecule has 2 rings (SSSR count). The van der Waals surface area contributed by atoms with E-state index in [0.29, 0.717) is 0 Å². The first-order valence-electron chi connectivity index (χ1n) is 7.25. The van der Waals surface area contributed by atoms with E-state index in [9.17, 15) is 0 Å². The predicted octanol–water partition coefficient (Wildman–Crippen LogP) is 3.36. The molecular formula is C17H23N3. The number of pyridine rings is 1. The third-order valence-corrected chi connectivity index (χ3v) is 3.36. The van der Waals surface area contributed by atoms with Crippen LogP contribution in [0.25, 0.3) is 10.8 Å². The van der Waals surface area contributed by atoms with Gasteiger partial charge in [-0.2, -0.15) is 0 Å². The lowest BCUT2D eigenvalue weighted by molar-refractivity contribution is 0.709. The van der Waals surface area contributed by atoms with Crippen molar-refractivity contribution in [3.8, 4) is 0 Å². The van der Waals surface area contributed by atoms with E-state index in [1.54, 1.807) is 0 Å². The van der Waals surface area contributed by atoms with Gasteiger partial charge in [-0.05, 0) is 24.9 Å². The third-order valence-electron chi connectivity index (χ3n) is 3.36. The van der Waals surface area contributed by atoms with Crippen molar-refractivity contribution in [1.82, 2.24) is 10.3 Å². The summed E-state index contributed by atoms with van der Waals surface area (Å²) >= 11 is 0. The van der Waals surface area contributed by atoms with E-state index in [2.05, 4.69) is 61.0 Å². The zero-order valence-electron chi connectivity index (χ0n) is 12.4. The van der Waals surface area contributed by atoms with Crippen molar-refractivity contribution < 1.29 is 0 Å². The van der Waals surface area contributed by atoms with Crippen molar-refractivity contribution in [3.63, 3.8) is 0 Å². The fraction of sp³-hybridized carbons (Fsp3) is 0.353. The van der Waals surface area contributed by atoms with E-state index in [4.69, 9.17) is 4.98 Å². The van der Waals surface area contributed by atoms with Gasteiger partial charge in [0.05, 0.1) is 5.69 Å². The van der Waals surface area contributed by atoms with E-state index in [1.165, 1.54) is 10.8 Å². The molecule has 0 saturated heterocycles. The molecule has 106 valence electrons. The van der Waals surface area contributed by atoms with Crippen LogP contribution >= 0.6 is 0 Å². The smallest absolute Gasteiger partial charge is 0.137 e. The number of benzene rings is 1.